The van der Waals surface area contributed by atoms with Gasteiger partial charge < -0.3 is 26.2 Å². The first kappa shape index (κ1) is 24.0. The van der Waals surface area contributed by atoms with Gasteiger partial charge in [-0.2, -0.15) is 0 Å². The van der Waals surface area contributed by atoms with Crippen LogP contribution in [-0.4, -0.2) is 69.1 Å². The number of nitrogens with one attached hydrogen (secondary N) is 2. The number of likely N-dealkylation sites (tertiary alicyclic amines) is 1. The predicted molar refractivity (Wildman–Crippen MR) is 126 cm³/mol. The molecule has 7 heteroatoms. The van der Waals surface area contributed by atoms with E-state index in [4.69, 9.17) is 10.7 Å². The molecule has 1 fully saturated rings. The van der Waals surface area contributed by atoms with Crippen LogP contribution >= 0.6 is 0 Å². The van der Waals surface area contributed by atoms with E-state index in [0.717, 1.165) is 77.6 Å². The maximum Gasteiger partial charge on any atom is 0.221 e. The number of hydrogen-bond acceptors (Lipinski definition) is 4. The lowest BCUT2D eigenvalue weighted by Crippen LogP contribution is -2.42. The number of likely N-dealkylation sites (N-methyl/N-ethyl adjacent to an activating group) is 1. The van der Waals surface area contributed by atoms with Crippen LogP contribution in [0.2, 0.25) is 0 Å². The molecule has 0 aliphatic carbocycles. The first-order chi connectivity index (χ1) is 14.5. The summed E-state index contributed by atoms with van der Waals surface area (Å²) in [6, 6.07) is 8.63. The van der Waals surface area contributed by atoms with Crippen LogP contribution in [0.4, 0.5) is 5.69 Å². The molecule has 1 aliphatic heterocycles. The fourth-order valence-corrected chi connectivity index (χ4v) is 3.92. The molecule has 1 unspecified atom stereocenters. The highest BCUT2D eigenvalue weighted by atomic mass is 16.1. The summed E-state index contributed by atoms with van der Waals surface area (Å²) in [7, 11) is 0. The van der Waals surface area contributed by atoms with Crippen molar-refractivity contribution in [2.45, 2.75) is 40.0 Å². The first-order valence-corrected chi connectivity index (χ1v) is 11.4. The number of aryl methyl sites for hydroxylation is 1. The first-order valence-electron chi connectivity index (χ1n) is 11.4. The molecule has 7 nitrogen and oxygen atoms in total. The van der Waals surface area contributed by atoms with E-state index in [0.29, 0.717) is 0 Å². The van der Waals surface area contributed by atoms with E-state index in [-0.39, 0.29) is 11.8 Å². The van der Waals surface area contributed by atoms with Gasteiger partial charge in [0.25, 0.3) is 0 Å². The molecule has 0 bridgehead atoms. The van der Waals surface area contributed by atoms with Crippen molar-refractivity contribution in [2.75, 3.05) is 57.3 Å². The van der Waals surface area contributed by atoms with Gasteiger partial charge in [-0.05, 0) is 70.8 Å². The van der Waals surface area contributed by atoms with E-state index in [1.54, 1.807) is 0 Å². The average molecular weight is 417 g/mol. The number of primary amides is 1. The average Bonchev–Trinajstić information content (AvgIpc) is 2.74. The molecule has 1 aromatic carbocycles. The molecule has 168 valence electrons. The molecule has 1 amide bonds. The Balaban J connectivity index is 1.75. The van der Waals surface area contributed by atoms with Crippen molar-refractivity contribution in [1.29, 1.82) is 0 Å². The summed E-state index contributed by atoms with van der Waals surface area (Å²) in [5, 5.41) is 6.78. The SMILES string of the molecule is CCNC(=NCCCN1CCCC(C(N)=O)C1)NCCN(CC)c1cccc(C)c1. The van der Waals surface area contributed by atoms with E-state index in [2.05, 4.69) is 65.5 Å². The molecule has 1 aromatic rings. The van der Waals surface area contributed by atoms with Crippen molar-refractivity contribution in [1.82, 2.24) is 15.5 Å². The fraction of sp³-hybridized carbons (Fsp3) is 0.652. The predicted octanol–water partition coefficient (Wildman–Crippen LogP) is 1.96. The maximum atomic E-state index is 11.4. The van der Waals surface area contributed by atoms with Crippen LogP contribution in [0.25, 0.3) is 0 Å². The highest BCUT2D eigenvalue weighted by molar-refractivity contribution is 5.79. The van der Waals surface area contributed by atoms with Gasteiger partial charge in [0.15, 0.2) is 5.96 Å². The molecule has 1 saturated heterocycles. The molecule has 1 heterocycles. The molecule has 1 atom stereocenters. The van der Waals surface area contributed by atoms with Crippen molar-refractivity contribution in [3.63, 3.8) is 0 Å². The summed E-state index contributed by atoms with van der Waals surface area (Å²) in [6.45, 7) is 13.5. The Morgan fingerprint density at radius 1 is 1.33 bits per heavy atom. The van der Waals surface area contributed by atoms with Crippen molar-refractivity contribution in [3.8, 4) is 0 Å². The third-order valence-corrected chi connectivity index (χ3v) is 5.58. The number of anilines is 1. The standard InChI is InChI=1S/C23H40N6O/c1-4-25-23(26-12-8-15-28-14-7-10-20(18-28)22(24)30)27-13-16-29(5-2)21-11-6-9-19(3)17-21/h6,9,11,17,20H,4-5,7-8,10,12-16,18H2,1-3H3,(H2,24,30)(H2,25,26,27). The monoisotopic (exact) mass is 416 g/mol. The summed E-state index contributed by atoms with van der Waals surface area (Å²) in [4.78, 5) is 20.9. The topological polar surface area (TPSA) is 86.0 Å². The van der Waals surface area contributed by atoms with Gasteiger partial charge in [-0.15, -0.1) is 0 Å². The minimum absolute atomic E-state index is 0.0103. The summed E-state index contributed by atoms with van der Waals surface area (Å²) < 4.78 is 0. The third-order valence-electron chi connectivity index (χ3n) is 5.58. The zero-order valence-corrected chi connectivity index (χ0v) is 19.0. The van der Waals surface area contributed by atoms with Gasteiger partial charge in [0.05, 0.1) is 5.92 Å². The number of rotatable bonds is 11. The summed E-state index contributed by atoms with van der Waals surface area (Å²) in [5.41, 5.74) is 8.02. The molecule has 4 N–H and O–H groups in total. The number of nitrogens with zero attached hydrogens (tertiary/aromatic N) is 3. The van der Waals surface area contributed by atoms with Crippen molar-refractivity contribution < 1.29 is 4.79 Å². The Hall–Kier alpha value is -2.28. The van der Waals surface area contributed by atoms with Crippen LogP contribution in [0, 0.1) is 12.8 Å². The number of carbonyl (C=O) groups is 1. The van der Waals surface area contributed by atoms with Gasteiger partial charge >= 0.3 is 0 Å². The van der Waals surface area contributed by atoms with Crippen LogP contribution in [0.1, 0.15) is 38.7 Å². The summed E-state index contributed by atoms with van der Waals surface area (Å²) in [5.74, 6) is 0.714. The highest BCUT2D eigenvalue weighted by Crippen LogP contribution is 2.16. The molecule has 1 aliphatic rings. The Morgan fingerprint density at radius 3 is 2.87 bits per heavy atom. The van der Waals surface area contributed by atoms with Gasteiger partial charge in [0, 0.05) is 45.0 Å². The quantitative estimate of drug-likeness (QED) is 0.292. The second-order valence-corrected chi connectivity index (χ2v) is 8.00. The summed E-state index contributed by atoms with van der Waals surface area (Å²) in [6.07, 6.45) is 2.96. The number of piperidine rings is 1. The van der Waals surface area contributed by atoms with Crippen LogP contribution in [-0.2, 0) is 4.79 Å². The fourth-order valence-electron chi connectivity index (χ4n) is 3.92. The van der Waals surface area contributed by atoms with Gasteiger partial charge in [-0.1, -0.05) is 12.1 Å². The van der Waals surface area contributed by atoms with Gasteiger partial charge in [0.1, 0.15) is 0 Å². The van der Waals surface area contributed by atoms with Crippen LogP contribution in [0.15, 0.2) is 29.3 Å². The number of benzene rings is 1. The number of carbonyl (C=O) groups excluding carboxylic acids is 1. The lowest BCUT2D eigenvalue weighted by molar-refractivity contribution is -0.123. The minimum Gasteiger partial charge on any atom is -0.370 e. The second kappa shape index (κ2) is 13.1. The molecular weight excluding hydrogens is 376 g/mol. The van der Waals surface area contributed by atoms with Crippen LogP contribution in [0.5, 0.6) is 0 Å². The number of aliphatic imine (C=N–C) groups is 1. The van der Waals surface area contributed by atoms with E-state index in [9.17, 15) is 4.79 Å². The van der Waals surface area contributed by atoms with Gasteiger partial charge in [-0.25, -0.2) is 0 Å². The molecule has 30 heavy (non-hydrogen) atoms. The molecule has 0 saturated carbocycles. The number of nitrogens with two attached hydrogens (primary N) is 1. The normalized spacial score (nSPS) is 17.6. The maximum absolute atomic E-state index is 11.4. The number of guanidine groups is 1. The van der Waals surface area contributed by atoms with Gasteiger partial charge in [-0.3, -0.25) is 9.79 Å². The Bertz CT molecular complexity index is 677. The zero-order chi connectivity index (χ0) is 21.8. The molecule has 0 spiro atoms. The molecular formula is C23H40N6O. The van der Waals surface area contributed by atoms with E-state index < -0.39 is 0 Å². The Kier molecular flexibility index (Phi) is 10.5. The minimum atomic E-state index is -0.164. The number of amides is 1. The van der Waals surface area contributed by atoms with E-state index in [1.807, 2.05) is 0 Å². The smallest absolute Gasteiger partial charge is 0.221 e. The second-order valence-electron chi connectivity index (χ2n) is 8.00. The zero-order valence-electron chi connectivity index (χ0n) is 19.0. The van der Waals surface area contributed by atoms with E-state index >= 15 is 0 Å². The lowest BCUT2D eigenvalue weighted by atomic mass is 9.97. The van der Waals surface area contributed by atoms with Crippen molar-refractivity contribution in [2.24, 2.45) is 16.6 Å². The largest absolute Gasteiger partial charge is 0.370 e. The van der Waals surface area contributed by atoms with Crippen molar-refractivity contribution in [3.05, 3.63) is 29.8 Å². The lowest BCUT2D eigenvalue weighted by Gasteiger charge is -2.30. The Morgan fingerprint density at radius 2 is 2.17 bits per heavy atom. The molecule has 0 radical (unpaired) electrons. The van der Waals surface area contributed by atoms with Crippen LogP contribution in [0.3, 0.4) is 0 Å². The van der Waals surface area contributed by atoms with Gasteiger partial charge in [0.2, 0.25) is 5.91 Å². The Labute approximate surface area is 182 Å². The molecule has 2 rings (SSSR count). The van der Waals surface area contributed by atoms with Crippen LogP contribution < -0.4 is 21.3 Å². The third kappa shape index (κ3) is 8.22. The summed E-state index contributed by atoms with van der Waals surface area (Å²) >= 11 is 0. The highest BCUT2D eigenvalue weighted by Gasteiger charge is 2.23. The van der Waals surface area contributed by atoms with E-state index in [1.165, 1.54) is 11.3 Å². The van der Waals surface area contributed by atoms with Crippen molar-refractivity contribution >= 4 is 17.6 Å². The molecule has 0 aromatic heterocycles. The number of hydrogen-bond donors (Lipinski definition) is 3.